The molecule has 14 heavy (non-hydrogen) atoms. The van der Waals surface area contributed by atoms with Crippen LogP contribution >= 0.6 is 0 Å². The van der Waals surface area contributed by atoms with E-state index in [1.54, 1.807) is 7.11 Å². The average Bonchev–Trinajstić information content (AvgIpc) is 3.02. The number of likely N-dealkylation sites (N-methyl/N-ethyl adjacent to an activating group) is 1. The largest absolute Gasteiger partial charge is 0.497 e. The highest BCUT2D eigenvalue weighted by Crippen LogP contribution is 2.20. The molecule has 1 fully saturated rings. The van der Waals surface area contributed by atoms with Gasteiger partial charge in [0.25, 0.3) is 0 Å². The molecule has 3 heteroatoms. The van der Waals surface area contributed by atoms with Crippen LogP contribution in [0.1, 0.15) is 0 Å². The summed E-state index contributed by atoms with van der Waals surface area (Å²) in [5.74, 6) is 0.893. The number of hydrogen-bond acceptors (Lipinski definition) is 3. The molecule has 3 nitrogen and oxygen atoms in total. The van der Waals surface area contributed by atoms with Crippen LogP contribution in [0.4, 0.5) is 5.69 Å². The monoisotopic (exact) mass is 193 g/mol. The van der Waals surface area contributed by atoms with E-state index in [4.69, 9.17) is 9.47 Å². The maximum atomic E-state index is 5.18. The maximum Gasteiger partial charge on any atom is 0.119 e. The predicted molar refractivity (Wildman–Crippen MR) is 56.0 cm³/mol. The van der Waals surface area contributed by atoms with Gasteiger partial charge in [-0.25, -0.2) is 0 Å². The minimum Gasteiger partial charge on any atom is -0.497 e. The molecule has 2 rings (SSSR count). The van der Waals surface area contributed by atoms with Crippen molar-refractivity contribution in [2.45, 2.75) is 6.10 Å². The summed E-state index contributed by atoms with van der Waals surface area (Å²) >= 11 is 0. The highest BCUT2D eigenvalue weighted by molar-refractivity contribution is 5.48. The molecule has 1 aromatic rings. The molecule has 0 aromatic heterocycles. The molecule has 0 aliphatic carbocycles. The van der Waals surface area contributed by atoms with Crippen molar-refractivity contribution >= 4 is 5.69 Å². The summed E-state index contributed by atoms with van der Waals surface area (Å²) in [4.78, 5) is 2.19. The summed E-state index contributed by atoms with van der Waals surface area (Å²) in [5.41, 5.74) is 1.20. The molecule has 0 N–H and O–H groups in total. The van der Waals surface area contributed by atoms with Gasteiger partial charge in [-0.2, -0.15) is 0 Å². The lowest BCUT2D eigenvalue weighted by atomic mass is 10.2. The molecule has 1 unspecified atom stereocenters. The van der Waals surface area contributed by atoms with E-state index in [0.717, 1.165) is 18.9 Å². The lowest BCUT2D eigenvalue weighted by Crippen LogP contribution is -2.22. The van der Waals surface area contributed by atoms with E-state index in [1.165, 1.54) is 5.69 Å². The quantitative estimate of drug-likeness (QED) is 0.678. The number of hydrogen-bond donors (Lipinski definition) is 0. The standard InChI is InChI=1S/C11H15NO2/c1-12(7-11-8-14-11)9-3-5-10(13-2)6-4-9/h3-6,11H,7-8H2,1-2H3. The van der Waals surface area contributed by atoms with E-state index in [9.17, 15) is 0 Å². The van der Waals surface area contributed by atoms with Crippen LogP contribution < -0.4 is 9.64 Å². The van der Waals surface area contributed by atoms with Crippen molar-refractivity contribution in [3.63, 3.8) is 0 Å². The van der Waals surface area contributed by atoms with Crippen LogP contribution in [-0.4, -0.2) is 33.4 Å². The molecule has 0 saturated carbocycles. The summed E-state index contributed by atoms with van der Waals surface area (Å²) in [6, 6.07) is 8.06. The number of methoxy groups -OCH3 is 1. The van der Waals surface area contributed by atoms with E-state index in [1.807, 2.05) is 12.1 Å². The second-order valence-corrected chi connectivity index (χ2v) is 3.53. The van der Waals surface area contributed by atoms with Crippen molar-refractivity contribution in [1.29, 1.82) is 0 Å². The van der Waals surface area contributed by atoms with Crippen molar-refractivity contribution < 1.29 is 9.47 Å². The van der Waals surface area contributed by atoms with Crippen molar-refractivity contribution in [1.82, 2.24) is 0 Å². The van der Waals surface area contributed by atoms with Gasteiger partial charge >= 0.3 is 0 Å². The van der Waals surface area contributed by atoms with Gasteiger partial charge < -0.3 is 14.4 Å². The molecule has 1 heterocycles. The lowest BCUT2D eigenvalue weighted by molar-refractivity contribution is 0.409. The van der Waals surface area contributed by atoms with E-state index in [2.05, 4.69) is 24.1 Å². The first-order valence-electron chi connectivity index (χ1n) is 4.76. The topological polar surface area (TPSA) is 25.0 Å². The third-order valence-corrected chi connectivity index (χ3v) is 2.39. The van der Waals surface area contributed by atoms with E-state index < -0.39 is 0 Å². The van der Waals surface area contributed by atoms with Crippen molar-refractivity contribution in [2.24, 2.45) is 0 Å². The van der Waals surface area contributed by atoms with Crippen molar-refractivity contribution in [2.75, 3.05) is 32.2 Å². The first-order chi connectivity index (χ1) is 6.79. The van der Waals surface area contributed by atoms with Crippen LogP contribution in [0.3, 0.4) is 0 Å². The molecule has 0 spiro atoms. The minimum atomic E-state index is 0.433. The fraction of sp³-hybridized carbons (Fsp3) is 0.455. The predicted octanol–water partition coefficient (Wildman–Crippen LogP) is 1.53. The molecule has 76 valence electrons. The van der Waals surface area contributed by atoms with Gasteiger partial charge in [-0.1, -0.05) is 0 Å². The number of epoxide rings is 1. The van der Waals surface area contributed by atoms with Gasteiger partial charge in [-0.15, -0.1) is 0 Å². The zero-order valence-corrected chi connectivity index (χ0v) is 8.56. The fourth-order valence-corrected chi connectivity index (χ4v) is 1.42. The molecular formula is C11H15NO2. The van der Waals surface area contributed by atoms with Gasteiger partial charge in [0.15, 0.2) is 0 Å². The molecule has 0 bridgehead atoms. The summed E-state index contributed by atoms with van der Waals surface area (Å²) in [6.45, 7) is 1.87. The molecule has 1 aliphatic heterocycles. The number of anilines is 1. The third kappa shape index (κ3) is 2.17. The van der Waals surface area contributed by atoms with Gasteiger partial charge in [-0.05, 0) is 24.3 Å². The van der Waals surface area contributed by atoms with E-state index in [0.29, 0.717) is 6.10 Å². The zero-order chi connectivity index (χ0) is 9.97. The minimum absolute atomic E-state index is 0.433. The second-order valence-electron chi connectivity index (χ2n) is 3.53. The maximum absolute atomic E-state index is 5.18. The van der Waals surface area contributed by atoms with E-state index >= 15 is 0 Å². The van der Waals surface area contributed by atoms with Gasteiger partial charge in [0.05, 0.1) is 19.8 Å². The van der Waals surface area contributed by atoms with Gasteiger partial charge in [-0.3, -0.25) is 0 Å². The molecular weight excluding hydrogens is 178 g/mol. The molecule has 1 aliphatic rings. The lowest BCUT2D eigenvalue weighted by Gasteiger charge is -2.18. The summed E-state index contributed by atoms with van der Waals surface area (Å²) in [6.07, 6.45) is 0.433. The Labute approximate surface area is 84.2 Å². The van der Waals surface area contributed by atoms with Crippen LogP contribution in [0, 0.1) is 0 Å². The number of nitrogens with zero attached hydrogens (tertiary/aromatic N) is 1. The Morgan fingerprint density at radius 2 is 2.07 bits per heavy atom. The van der Waals surface area contributed by atoms with Crippen LogP contribution in [0.15, 0.2) is 24.3 Å². The number of rotatable bonds is 4. The first-order valence-corrected chi connectivity index (χ1v) is 4.76. The van der Waals surface area contributed by atoms with Crippen molar-refractivity contribution in [3.05, 3.63) is 24.3 Å². The Morgan fingerprint density at radius 1 is 1.43 bits per heavy atom. The smallest absolute Gasteiger partial charge is 0.119 e. The van der Waals surface area contributed by atoms with Crippen LogP contribution in [0.25, 0.3) is 0 Å². The van der Waals surface area contributed by atoms with Gasteiger partial charge in [0.1, 0.15) is 5.75 Å². The van der Waals surface area contributed by atoms with Crippen LogP contribution in [-0.2, 0) is 4.74 Å². The normalized spacial score (nSPS) is 19.1. The zero-order valence-electron chi connectivity index (χ0n) is 8.56. The molecule has 0 amide bonds. The summed E-state index contributed by atoms with van der Waals surface area (Å²) in [7, 11) is 3.75. The Kier molecular flexibility index (Phi) is 2.59. The van der Waals surface area contributed by atoms with Crippen LogP contribution in [0.5, 0.6) is 5.75 Å². The number of benzene rings is 1. The highest BCUT2D eigenvalue weighted by atomic mass is 16.6. The SMILES string of the molecule is COc1ccc(N(C)CC2CO2)cc1. The van der Waals surface area contributed by atoms with Gasteiger partial charge in [0.2, 0.25) is 0 Å². The van der Waals surface area contributed by atoms with Gasteiger partial charge in [0, 0.05) is 19.3 Å². The first kappa shape index (κ1) is 9.34. The summed E-state index contributed by atoms with van der Waals surface area (Å²) < 4.78 is 10.3. The average molecular weight is 193 g/mol. The fourth-order valence-electron chi connectivity index (χ4n) is 1.42. The molecule has 0 radical (unpaired) electrons. The molecule has 1 saturated heterocycles. The second kappa shape index (κ2) is 3.88. The van der Waals surface area contributed by atoms with E-state index in [-0.39, 0.29) is 0 Å². The Morgan fingerprint density at radius 3 is 2.57 bits per heavy atom. The van der Waals surface area contributed by atoms with Crippen molar-refractivity contribution in [3.8, 4) is 5.75 Å². The Balaban J connectivity index is 1.99. The number of ether oxygens (including phenoxy) is 2. The van der Waals surface area contributed by atoms with Crippen LogP contribution in [0.2, 0.25) is 0 Å². The Hall–Kier alpha value is -1.22. The molecule has 1 atom stereocenters. The Bertz CT molecular complexity index is 293. The molecule has 1 aromatic carbocycles. The summed E-state index contributed by atoms with van der Waals surface area (Å²) in [5, 5.41) is 0. The highest BCUT2D eigenvalue weighted by Gasteiger charge is 2.23. The third-order valence-electron chi connectivity index (χ3n) is 2.39.